The third-order valence-electron chi connectivity index (χ3n) is 4.14. The van der Waals surface area contributed by atoms with Crippen LogP contribution in [-0.2, 0) is 13.0 Å². The molecule has 0 radical (unpaired) electrons. The lowest BCUT2D eigenvalue weighted by atomic mass is 10.1. The van der Waals surface area contributed by atoms with Gasteiger partial charge in [-0.25, -0.2) is 4.98 Å². The van der Waals surface area contributed by atoms with E-state index in [-0.39, 0.29) is 24.0 Å². The van der Waals surface area contributed by atoms with E-state index >= 15 is 0 Å². The Morgan fingerprint density at radius 1 is 1.26 bits per heavy atom. The van der Waals surface area contributed by atoms with Crippen molar-refractivity contribution in [2.45, 2.75) is 39.2 Å². The molecule has 0 saturated heterocycles. The molecule has 0 aliphatic heterocycles. The molecule has 2 heterocycles. The third-order valence-corrected chi connectivity index (χ3v) is 4.14. The Morgan fingerprint density at radius 3 is 2.78 bits per heavy atom. The molecule has 0 unspecified atom stereocenters. The van der Waals surface area contributed by atoms with Crippen molar-refractivity contribution >= 4 is 41.0 Å². The Hall–Kier alpha value is -2.10. The van der Waals surface area contributed by atoms with Gasteiger partial charge in [0.2, 0.25) is 0 Å². The fourth-order valence-corrected chi connectivity index (χ4v) is 2.66. The highest BCUT2D eigenvalue weighted by Gasteiger charge is 2.08. The molecular weight excluding hydrogens is 455 g/mol. The van der Waals surface area contributed by atoms with Gasteiger partial charge in [-0.05, 0) is 24.5 Å². The van der Waals surface area contributed by atoms with Crippen LogP contribution in [0.25, 0.3) is 11.0 Å². The summed E-state index contributed by atoms with van der Waals surface area (Å²) in [4.78, 5) is 12.2. The predicted octanol–water partition coefficient (Wildman–Crippen LogP) is 3.59. The Kier molecular flexibility index (Phi) is 8.08. The lowest BCUT2D eigenvalue weighted by Crippen LogP contribution is -2.37. The zero-order valence-electron chi connectivity index (χ0n) is 16.0. The van der Waals surface area contributed by atoms with Crippen LogP contribution >= 0.6 is 24.0 Å². The molecule has 27 heavy (non-hydrogen) atoms. The molecule has 0 aliphatic carbocycles. The van der Waals surface area contributed by atoms with Gasteiger partial charge in [0.25, 0.3) is 0 Å². The molecule has 3 N–H and O–H groups in total. The Morgan fingerprint density at radius 2 is 2.07 bits per heavy atom. The molecule has 1 aromatic carbocycles. The van der Waals surface area contributed by atoms with Crippen molar-refractivity contribution < 1.29 is 4.52 Å². The first-order valence-electron chi connectivity index (χ1n) is 8.99. The molecule has 0 fully saturated rings. The second kappa shape index (κ2) is 10.3. The maximum absolute atomic E-state index is 5.33. The smallest absolute Gasteiger partial charge is 0.191 e. The number of aromatic amines is 1. The Bertz CT molecular complexity index is 837. The van der Waals surface area contributed by atoms with E-state index in [2.05, 4.69) is 44.6 Å². The number of nitrogens with zero attached hydrogens (tertiary/aromatic N) is 3. The van der Waals surface area contributed by atoms with Crippen molar-refractivity contribution in [2.75, 3.05) is 13.6 Å². The number of imidazole rings is 1. The van der Waals surface area contributed by atoms with Gasteiger partial charge < -0.3 is 20.1 Å². The molecule has 0 spiro atoms. The first-order valence-corrected chi connectivity index (χ1v) is 8.99. The third kappa shape index (κ3) is 5.95. The summed E-state index contributed by atoms with van der Waals surface area (Å²) < 4.78 is 5.33. The first kappa shape index (κ1) is 21.2. The van der Waals surface area contributed by atoms with Gasteiger partial charge in [-0.15, -0.1) is 24.0 Å². The van der Waals surface area contributed by atoms with Gasteiger partial charge in [0, 0.05) is 26.1 Å². The SMILES string of the molecule is CN=C(NCCCc1nc2ccccc2[nH]1)NCc1cc(C(C)C)no1.I. The summed E-state index contributed by atoms with van der Waals surface area (Å²) in [5.74, 6) is 2.93. The average molecular weight is 482 g/mol. The normalized spacial score (nSPS) is 11.6. The monoisotopic (exact) mass is 482 g/mol. The summed E-state index contributed by atoms with van der Waals surface area (Å²) in [5, 5.41) is 10.6. The van der Waals surface area contributed by atoms with Gasteiger partial charge in [-0.1, -0.05) is 31.1 Å². The molecule has 3 rings (SSSR count). The van der Waals surface area contributed by atoms with Gasteiger partial charge >= 0.3 is 0 Å². The zero-order valence-corrected chi connectivity index (χ0v) is 18.3. The maximum atomic E-state index is 5.33. The number of hydrogen-bond acceptors (Lipinski definition) is 4. The zero-order chi connectivity index (χ0) is 18.4. The molecule has 146 valence electrons. The van der Waals surface area contributed by atoms with Gasteiger partial charge in [-0.3, -0.25) is 4.99 Å². The number of para-hydroxylation sites is 2. The number of aromatic nitrogens is 3. The number of H-pyrrole nitrogens is 1. The van der Waals surface area contributed by atoms with Gasteiger partial charge in [0.1, 0.15) is 5.82 Å². The largest absolute Gasteiger partial charge is 0.359 e. The predicted molar refractivity (Wildman–Crippen MR) is 119 cm³/mol. The lowest BCUT2D eigenvalue weighted by Gasteiger charge is -2.10. The van der Waals surface area contributed by atoms with E-state index in [4.69, 9.17) is 4.52 Å². The average Bonchev–Trinajstić information content (AvgIpc) is 3.27. The van der Waals surface area contributed by atoms with Crippen molar-refractivity contribution in [1.29, 1.82) is 0 Å². The van der Waals surface area contributed by atoms with Crippen molar-refractivity contribution in [1.82, 2.24) is 25.8 Å². The molecule has 7 nitrogen and oxygen atoms in total. The van der Waals surface area contributed by atoms with Crippen LogP contribution in [0, 0.1) is 0 Å². The highest BCUT2D eigenvalue weighted by Crippen LogP contribution is 2.13. The molecule has 2 aromatic heterocycles. The quantitative estimate of drug-likeness (QED) is 0.207. The van der Waals surface area contributed by atoms with Gasteiger partial charge in [-0.2, -0.15) is 0 Å². The molecule has 0 bridgehead atoms. The van der Waals surface area contributed by atoms with E-state index < -0.39 is 0 Å². The van der Waals surface area contributed by atoms with Crippen molar-refractivity contribution in [3.8, 4) is 0 Å². The summed E-state index contributed by atoms with van der Waals surface area (Å²) in [5.41, 5.74) is 3.07. The van der Waals surface area contributed by atoms with Crippen LogP contribution in [0.3, 0.4) is 0 Å². The van der Waals surface area contributed by atoms with Gasteiger partial charge in [0.15, 0.2) is 11.7 Å². The fraction of sp³-hybridized carbons (Fsp3) is 0.421. The molecule has 0 atom stereocenters. The number of hydrogen-bond donors (Lipinski definition) is 3. The highest BCUT2D eigenvalue weighted by molar-refractivity contribution is 14.0. The van der Waals surface area contributed by atoms with E-state index in [1.807, 2.05) is 30.3 Å². The van der Waals surface area contributed by atoms with Gasteiger partial charge in [0.05, 0.1) is 23.3 Å². The Labute approximate surface area is 176 Å². The van der Waals surface area contributed by atoms with Crippen LogP contribution < -0.4 is 10.6 Å². The number of aliphatic imine (C=N–C) groups is 1. The summed E-state index contributed by atoms with van der Waals surface area (Å²) in [6, 6.07) is 10.1. The summed E-state index contributed by atoms with van der Waals surface area (Å²) in [6.07, 6.45) is 1.85. The van der Waals surface area contributed by atoms with E-state index in [0.717, 1.165) is 53.7 Å². The topological polar surface area (TPSA) is 91.1 Å². The van der Waals surface area contributed by atoms with Crippen LogP contribution in [0.4, 0.5) is 0 Å². The number of benzene rings is 1. The summed E-state index contributed by atoms with van der Waals surface area (Å²) >= 11 is 0. The number of nitrogens with one attached hydrogen (secondary N) is 3. The number of rotatable bonds is 7. The molecule has 0 amide bonds. The molecule has 0 aliphatic rings. The molecule has 8 heteroatoms. The van der Waals surface area contributed by atoms with Crippen LogP contribution in [0.1, 0.15) is 43.5 Å². The summed E-state index contributed by atoms with van der Waals surface area (Å²) in [6.45, 7) is 5.56. The van der Waals surface area contributed by atoms with E-state index in [1.165, 1.54) is 0 Å². The van der Waals surface area contributed by atoms with Crippen LogP contribution in [-0.4, -0.2) is 34.7 Å². The number of aryl methyl sites for hydroxylation is 1. The van der Waals surface area contributed by atoms with E-state index in [9.17, 15) is 0 Å². The van der Waals surface area contributed by atoms with E-state index in [0.29, 0.717) is 12.5 Å². The summed E-state index contributed by atoms with van der Waals surface area (Å²) in [7, 11) is 1.76. The van der Waals surface area contributed by atoms with Crippen molar-refractivity contribution in [3.63, 3.8) is 0 Å². The standard InChI is InChI=1S/C19H26N6O.HI/c1-13(2)17-11-14(26-25-17)12-22-19(20-3)21-10-6-9-18-23-15-7-4-5-8-16(15)24-18;/h4-5,7-8,11,13H,6,9-10,12H2,1-3H3,(H,23,24)(H2,20,21,22);1H. The lowest BCUT2D eigenvalue weighted by molar-refractivity contribution is 0.372. The maximum Gasteiger partial charge on any atom is 0.191 e. The Balaban J connectivity index is 0.00000261. The molecule has 0 saturated carbocycles. The van der Waals surface area contributed by atoms with E-state index in [1.54, 1.807) is 7.05 Å². The second-order valence-corrected chi connectivity index (χ2v) is 6.53. The first-order chi connectivity index (χ1) is 12.7. The molecule has 3 aromatic rings. The minimum Gasteiger partial charge on any atom is -0.359 e. The minimum absolute atomic E-state index is 0. The van der Waals surface area contributed by atoms with Crippen molar-refractivity contribution in [2.24, 2.45) is 4.99 Å². The number of fused-ring (bicyclic) bond motifs is 1. The highest BCUT2D eigenvalue weighted by atomic mass is 127. The molecular formula is C19H27IN6O. The number of guanidine groups is 1. The number of halogens is 1. The van der Waals surface area contributed by atoms with Crippen LogP contribution in [0.5, 0.6) is 0 Å². The second-order valence-electron chi connectivity index (χ2n) is 6.53. The fourth-order valence-electron chi connectivity index (χ4n) is 2.66. The minimum atomic E-state index is 0. The van der Waals surface area contributed by atoms with Crippen molar-refractivity contribution in [3.05, 3.63) is 47.6 Å². The van der Waals surface area contributed by atoms with Crippen LogP contribution in [0.15, 0.2) is 39.8 Å². The van der Waals surface area contributed by atoms with Crippen LogP contribution in [0.2, 0.25) is 0 Å².